The zero-order valence-electron chi connectivity index (χ0n) is 18.1. The molecule has 1 heterocycles. The number of carbonyl (C=O) groups is 2. The molecule has 0 saturated heterocycles. The number of nitrogens with one attached hydrogen (secondary N) is 2. The van der Waals surface area contributed by atoms with Gasteiger partial charge in [-0.25, -0.2) is 4.39 Å². The van der Waals surface area contributed by atoms with E-state index in [0.29, 0.717) is 42.5 Å². The minimum absolute atomic E-state index is 0.00716. The molecule has 0 unspecified atom stereocenters. The Morgan fingerprint density at radius 3 is 2.41 bits per heavy atom. The molecule has 0 fully saturated rings. The molecule has 34 heavy (non-hydrogen) atoms. The molecule has 6 nitrogen and oxygen atoms in total. The monoisotopic (exact) mass is 475 g/mol. The van der Waals surface area contributed by atoms with Crippen molar-refractivity contribution in [2.45, 2.75) is 25.4 Å². The molecule has 3 aromatic rings. The van der Waals surface area contributed by atoms with E-state index in [-0.39, 0.29) is 18.0 Å². The molecule has 0 radical (unpaired) electrons. The molecule has 0 aliphatic carbocycles. The van der Waals surface area contributed by atoms with E-state index in [4.69, 9.17) is 4.74 Å². The number of hydrogen-bond donors (Lipinski definition) is 2. The second-order valence-corrected chi connectivity index (χ2v) is 7.30. The van der Waals surface area contributed by atoms with E-state index in [0.717, 1.165) is 5.56 Å². The van der Waals surface area contributed by atoms with Crippen LogP contribution in [0.15, 0.2) is 60.8 Å². The predicted octanol–water partition coefficient (Wildman–Crippen LogP) is 5.35. The average Bonchev–Trinajstić information content (AvgIpc) is 2.80. The van der Waals surface area contributed by atoms with Crippen LogP contribution in [0.3, 0.4) is 0 Å². The Morgan fingerprint density at radius 1 is 1.00 bits per heavy atom. The second kappa shape index (κ2) is 10.8. The van der Waals surface area contributed by atoms with Gasteiger partial charge in [-0.15, -0.1) is 0 Å². The van der Waals surface area contributed by atoms with E-state index in [2.05, 4.69) is 15.6 Å². The lowest BCUT2D eigenvalue weighted by Gasteiger charge is -2.11. The van der Waals surface area contributed by atoms with Gasteiger partial charge in [-0.05, 0) is 54.8 Å². The standard InChI is InChI=1S/C24H21F4N3O3/c1-29-23(33)21-14-18(11-12-30-21)34-17-8-5-15(6-9-17)3-2-4-22(32)31-20-13-16(24(26,27)28)7-10-19(20)25/h5-14H,2-4H2,1H3,(H,29,33)(H,31,32). The highest BCUT2D eigenvalue weighted by Crippen LogP contribution is 2.32. The number of ether oxygens (including phenoxy) is 1. The first kappa shape index (κ1) is 24.7. The third-order valence-electron chi connectivity index (χ3n) is 4.79. The minimum Gasteiger partial charge on any atom is -0.457 e. The van der Waals surface area contributed by atoms with Crippen molar-refractivity contribution in [3.8, 4) is 11.5 Å². The third-order valence-corrected chi connectivity index (χ3v) is 4.79. The van der Waals surface area contributed by atoms with Crippen LogP contribution in [0.1, 0.15) is 34.5 Å². The SMILES string of the molecule is CNC(=O)c1cc(Oc2ccc(CCCC(=O)Nc3cc(C(F)(F)F)ccc3F)cc2)ccn1. The summed E-state index contributed by atoms with van der Waals surface area (Å²) in [4.78, 5) is 27.7. The minimum atomic E-state index is -4.63. The fourth-order valence-corrected chi connectivity index (χ4v) is 3.05. The Kier molecular flexibility index (Phi) is 7.83. The fourth-order valence-electron chi connectivity index (χ4n) is 3.05. The maximum absolute atomic E-state index is 13.8. The highest BCUT2D eigenvalue weighted by molar-refractivity contribution is 5.92. The Labute approximate surface area is 193 Å². The van der Waals surface area contributed by atoms with Crippen LogP contribution in [0.5, 0.6) is 11.5 Å². The third kappa shape index (κ3) is 6.77. The summed E-state index contributed by atoms with van der Waals surface area (Å²) < 4.78 is 57.8. The van der Waals surface area contributed by atoms with Crippen LogP contribution < -0.4 is 15.4 Å². The van der Waals surface area contributed by atoms with Gasteiger partial charge < -0.3 is 15.4 Å². The van der Waals surface area contributed by atoms with E-state index in [1.54, 1.807) is 30.3 Å². The summed E-state index contributed by atoms with van der Waals surface area (Å²) in [5.74, 6) is -0.868. The molecule has 0 aliphatic rings. The molecule has 2 aromatic carbocycles. The van der Waals surface area contributed by atoms with E-state index < -0.39 is 29.2 Å². The van der Waals surface area contributed by atoms with Crippen LogP contribution in [0.2, 0.25) is 0 Å². The summed E-state index contributed by atoms with van der Waals surface area (Å²) >= 11 is 0. The Bertz CT molecular complexity index is 1160. The van der Waals surface area contributed by atoms with Crippen molar-refractivity contribution >= 4 is 17.5 Å². The van der Waals surface area contributed by atoms with Crippen LogP contribution in [-0.2, 0) is 17.4 Å². The number of aromatic nitrogens is 1. The normalized spacial score (nSPS) is 11.1. The van der Waals surface area contributed by atoms with Crippen LogP contribution in [0.25, 0.3) is 0 Å². The van der Waals surface area contributed by atoms with Crippen molar-refractivity contribution in [1.29, 1.82) is 0 Å². The summed E-state index contributed by atoms with van der Waals surface area (Å²) in [5.41, 5.74) is -0.411. The highest BCUT2D eigenvalue weighted by atomic mass is 19.4. The predicted molar refractivity (Wildman–Crippen MR) is 117 cm³/mol. The summed E-state index contributed by atoms with van der Waals surface area (Å²) in [5, 5.41) is 4.68. The zero-order valence-corrected chi connectivity index (χ0v) is 18.1. The Hall–Kier alpha value is -3.95. The van der Waals surface area contributed by atoms with Crippen molar-refractivity contribution in [2.75, 3.05) is 12.4 Å². The molecule has 0 atom stereocenters. The van der Waals surface area contributed by atoms with Crippen molar-refractivity contribution in [3.05, 3.63) is 83.4 Å². The van der Waals surface area contributed by atoms with Crippen LogP contribution in [0, 0.1) is 5.82 Å². The largest absolute Gasteiger partial charge is 0.457 e. The molecule has 0 aliphatic heterocycles. The number of nitrogens with zero attached hydrogens (tertiary/aromatic N) is 1. The number of rotatable bonds is 8. The summed E-state index contributed by atoms with van der Waals surface area (Å²) in [6.45, 7) is 0. The van der Waals surface area contributed by atoms with Gasteiger partial charge in [0.05, 0.1) is 11.3 Å². The van der Waals surface area contributed by atoms with Gasteiger partial charge in [-0.3, -0.25) is 14.6 Å². The van der Waals surface area contributed by atoms with Gasteiger partial charge in [0, 0.05) is 25.7 Å². The lowest BCUT2D eigenvalue weighted by atomic mass is 10.1. The van der Waals surface area contributed by atoms with Crippen LogP contribution in [-0.4, -0.2) is 23.8 Å². The van der Waals surface area contributed by atoms with Gasteiger partial charge in [0.25, 0.3) is 5.91 Å². The van der Waals surface area contributed by atoms with Gasteiger partial charge in [0.2, 0.25) is 5.91 Å². The lowest BCUT2D eigenvalue weighted by molar-refractivity contribution is -0.137. The topological polar surface area (TPSA) is 80.3 Å². The molecule has 0 saturated carbocycles. The Balaban J connectivity index is 1.50. The first-order valence-corrected chi connectivity index (χ1v) is 10.3. The van der Waals surface area contributed by atoms with Crippen molar-refractivity contribution in [3.63, 3.8) is 0 Å². The molecule has 0 spiro atoms. The molecule has 2 amide bonds. The van der Waals surface area contributed by atoms with Crippen molar-refractivity contribution in [1.82, 2.24) is 10.3 Å². The molecule has 2 N–H and O–H groups in total. The number of pyridine rings is 1. The molecule has 178 valence electrons. The number of carbonyl (C=O) groups excluding carboxylic acids is 2. The average molecular weight is 475 g/mol. The summed E-state index contributed by atoms with van der Waals surface area (Å²) in [7, 11) is 1.50. The van der Waals surface area contributed by atoms with E-state index in [1.165, 1.54) is 19.3 Å². The van der Waals surface area contributed by atoms with E-state index >= 15 is 0 Å². The van der Waals surface area contributed by atoms with Gasteiger partial charge in [-0.2, -0.15) is 13.2 Å². The van der Waals surface area contributed by atoms with Gasteiger partial charge >= 0.3 is 6.18 Å². The van der Waals surface area contributed by atoms with Crippen molar-refractivity contribution < 1.29 is 31.9 Å². The number of alkyl halides is 3. The van der Waals surface area contributed by atoms with Gasteiger partial charge in [0.1, 0.15) is 23.0 Å². The highest BCUT2D eigenvalue weighted by Gasteiger charge is 2.31. The number of halogens is 4. The van der Waals surface area contributed by atoms with Crippen LogP contribution >= 0.6 is 0 Å². The van der Waals surface area contributed by atoms with Crippen LogP contribution in [0.4, 0.5) is 23.2 Å². The first-order valence-electron chi connectivity index (χ1n) is 10.3. The smallest absolute Gasteiger partial charge is 0.416 e. The van der Waals surface area contributed by atoms with Crippen molar-refractivity contribution in [2.24, 2.45) is 0 Å². The maximum Gasteiger partial charge on any atom is 0.416 e. The molecule has 1 aromatic heterocycles. The molecule has 3 rings (SSSR count). The first-order chi connectivity index (χ1) is 16.2. The summed E-state index contributed by atoms with van der Waals surface area (Å²) in [6, 6.07) is 12.1. The summed E-state index contributed by atoms with van der Waals surface area (Å²) in [6.07, 6.45) is -2.23. The lowest BCUT2D eigenvalue weighted by Crippen LogP contribution is -2.18. The Morgan fingerprint density at radius 2 is 1.74 bits per heavy atom. The number of hydrogen-bond acceptors (Lipinski definition) is 4. The maximum atomic E-state index is 13.8. The van der Waals surface area contributed by atoms with Gasteiger partial charge in [-0.1, -0.05) is 12.1 Å². The number of amides is 2. The fraction of sp³-hybridized carbons (Fsp3) is 0.208. The number of benzene rings is 2. The molecule has 0 bridgehead atoms. The van der Waals surface area contributed by atoms with E-state index in [9.17, 15) is 27.2 Å². The number of aryl methyl sites for hydroxylation is 1. The molecule has 10 heteroatoms. The molecular formula is C24H21F4N3O3. The van der Waals surface area contributed by atoms with E-state index in [1.807, 2.05) is 0 Å². The second-order valence-electron chi connectivity index (χ2n) is 7.30. The number of anilines is 1. The quantitative estimate of drug-likeness (QED) is 0.431. The molecular weight excluding hydrogens is 454 g/mol. The zero-order chi connectivity index (χ0) is 24.7. The van der Waals surface area contributed by atoms with Gasteiger partial charge in [0.15, 0.2) is 0 Å².